The molecule has 2 aromatic heterocycles. The first-order valence-corrected chi connectivity index (χ1v) is 11.4. The summed E-state index contributed by atoms with van der Waals surface area (Å²) >= 11 is 7.41. The predicted octanol–water partition coefficient (Wildman–Crippen LogP) is 1.38. The third-order valence-corrected chi connectivity index (χ3v) is 6.84. The summed E-state index contributed by atoms with van der Waals surface area (Å²) in [6.07, 6.45) is -0.956. The molecule has 170 valence electrons. The summed E-state index contributed by atoms with van der Waals surface area (Å²) in [6, 6.07) is 10.3. The van der Waals surface area contributed by atoms with Gasteiger partial charge in [-0.25, -0.2) is 0 Å². The van der Waals surface area contributed by atoms with Crippen LogP contribution in [0.15, 0.2) is 36.4 Å². The van der Waals surface area contributed by atoms with Gasteiger partial charge in [0.1, 0.15) is 4.83 Å². The van der Waals surface area contributed by atoms with Crippen LogP contribution in [0.1, 0.15) is 22.9 Å². The molecule has 1 aromatic carbocycles. The standard InChI is InChI=1S/C22H24ClN3O5S/c23-18-9-13-7-14(24-21(13)32-18)10-19(30)25-16-8-12-3-1-2-4-15(12)20(16)26(5-6-27)22(31)17(29)11-28/h1-4,7,9,16-17,20,24,27-29H,5-6,8,10-11H2,(H,25,30)/t16-,17-,20-/m1/s1. The minimum absolute atomic E-state index is 0.0328. The van der Waals surface area contributed by atoms with Crippen LogP contribution in [0.3, 0.4) is 0 Å². The SMILES string of the molecule is O=C(Cc1cc2cc(Cl)sc2[nH]1)N[C@@H]1Cc2ccccc2[C@H]1N(CCO)C(=O)[C@H](O)CO. The molecule has 2 amide bonds. The van der Waals surface area contributed by atoms with E-state index in [-0.39, 0.29) is 25.5 Å². The van der Waals surface area contributed by atoms with E-state index in [0.29, 0.717) is 10.8 Å². The quantitative estimate of drug-likeness (QED) is 0.335. The van der Waals surface area contributed by atoms with Gasteiger partial charge in [0.2, 0.25) is 5.91 Å². The molecule has 0 unspecified atom stereocenters. The van der Waals surface area contributed by atoms with Crippen LogP contribution < -0.4 is 5.32 Å². The van der Waals surface area contributed by atoms with E-state index in [9.17, 15) is 24.9 Å². The molecule has 0 spiro atoms. The normalized spacial score (nSPS) is 18.5. The predicted molar refractivity (Wildman–Crippen MR) is 122 cm³/mol. The number of benzene rings is 1. The zero-order valence-corrected chi connectivity index (χ0v) is 18.7. The van der Waals surface area contributed by atoms with Gasteiger partial charge in [-0.05, 0) is 29.7 Å². The van der Waals surface area contributed by atoms with E-state index in [2.05, 4.69) is 10.3 Å². The smallest absolute Gasteiger partial charge is 0.254 e. The number of carbonyl (C=O) groups excluding carboxylic acids is 2. The van der Waals surface area contributed by atoms with E-state index in [1.54, 1.807) is 0 Å². The van der Waals surface area contributed by atoms with Gasteiger partial charge in [0.25, 0.3) is 5.91 Å². The second-order valence-corrected chi connectivity index (χ2v) is 9.47. The zero-order chi connectivity index (χ0) is 22.8. The van der Waals surface area contributed by atoms with Crippen molar-refractivity contribution in [2.24, 2.45) is 0 Å². The Kier molecular flexibility index (Phi) is 6.82. The van der Waals surface area contributed by atoms with Gasteiger partial charge in [0.05, 0.1) is 36.1 Å². The molecule has 0 fully saturated rings. The van der Waals surface area contributed by atoms with Crippen LogP contribution in [-0.2, 0) is 22.4 Å². The molecule has 3 atom stereocenters. The lowest BCUT2D eigenvalue weighted by Crippen LogP contribution is -2.51. The van der Waals surface area contributed by atoms with Gasteiger partial charge in [-0.1, -0.05) is 35.9 Å². The maximum atomic E-state index is 12.9. The highest BCUT2D eigenvalue weighted by molar-refractivity contribution is 7.22. The monoisotopic (exact) mass is 477 g/mol. The molecule has 1 aliphatic carbocycles. The summed E-state index contributed by atoms with van der Waals surface area (Å²) in [4.78, 5) is 31.1. The number of aliphatic hydroxyl groups excluding tert-OH is 3. The molecular formula is C22H24ClN3O5S. The van der Waals surface area contributed by atoms with Crippen LogP contribution in [0, 0.1) is 0 Å². The number of amides is 2. The van der Waals surface area contributed by atoms with E-state index < -0.39 is 30.7 Å². The third kappa shape index (κ3) is 4.53. The van der Waals surface area contributed by atoms with E-state index in [1.807, 2.05) is 36.4 Å². The van der Waals surface area contributed by atoms with E-state index in [0.717, 1.165) is 27.0 Å². The molecule has 1 aliphatic rings. The molecule has 3 aromatic rings. The first-order valence-electron chi connectivity index (χ1n) is 10.3. The van der Waals surface area contributed by atoms with Crippen molar-refractivity contribution in [3.8, 4) is 0 Å². The molecule has 10 heteroatoms. The number of aromatic nitrogens is 1. The number of thiophene rings is 1. The summed E-state index contributed by atoms with van der Waals surface area (Å²) in [7, 11) is 0. The molecule has 2 heterocycles. The first-order chi connectivity index (χ1) is 15.4. The highest BCUT2D eigenvalue weighted by atomic mass is 35.5. The Bertz CT molecular complexity index is 1100. The lowest BCUT2D eigenvalue weighted by atomic mass is 10.0. The Morgan fingerprint density at radius 2 is 2.06 bits per heavy atom. The van der Waals surface area contributed by atoms with Crippen molar-refractivity contribution >= 4 is 45.0 Å². The largest absolute Gasteiger partial charge is 0.395 e. The number of aromatic amines is 1. The molecule has 0 saturated heterocycles. The molecule has 0 saturated carbocycles. The van der Waals surface area contributed by atoms with Gasteiger partial charge in [-0.3, -0.25) is 9.59 Å². The number of halogens is 1. The fourth-order valence-corrected chi connectivity index (χ4v) is 5.47. The van der Waals surface area contributed by atoms with Gasteiger partial charge < -0.3 is 30.5 Å². The Morgan fingerprint density at radius 3 is 2.78 bits per heavy atom. The fourth-order valence-electron chi connectivity index (χ4n) is 4.33. The number of hydrogen-bond donors (Lipinski definition) is 5. The molecular weight excluding hydrogens is 454 g/mol. The number of hydrogen-bond acceptors (Lipinski definition) is 6. The Balaban J connectivity index is 1.55. The maximum absolute atomic E-state index is 12.9. The van der Waals surface area contributed by atoms with Crippen LogP contribution >= 0.6 is 22.9 Å². The number of fused-ring (bicyclic) bond motifs is 2. The molecule has 5 N–H and O–H groups in total. The van der Waals surface area contributed by atoms with Gasteiger partial charge in [0.15, 0.2) is 6.10 Å². The second kappa shape index (κ2) is 9.60. The summed E-state index contributed by atoms with van der Waals surface area (Å²) in [6.45, 7) is -1.07. The summed E-state index contributed by atoms with van der Waals surface area (Å²) in [5, 5.41) is 32.7. The van der Waals surface area contributed by atoms with E-state index in [4.69, 9.17) is 11.6 Å². The van der Waals surface area contributed by atoms with Gasteiger partial charge >= 0.3 is 0 Å². The van der Waals surface area contributed by atoms with Gasteiger partial charge in [-0.2, -0.15) is 0 Å². The lowest BCUT2D eigenvalue weighted by Gasteiger charge is -2.34. The van der Waals surface area contributed by atoms with Crippen LogP contribution in [0.4, 0.5) is 0 Å². The van der Waals surface area contributed by atoms with Crippen molar-refractivity contribution in [1.82, 2.24) is 15.2 Å². The second-order valence-electron chi connectivity index (χ2n) is 7.78. The van der Waals surface area contributed by atoms with Crippen molar-refractivity contribution in [2.75, 3.05) is 19.8 Å². The maximum Gasteiger partial charge on any atom is 0.254 e. The number of H-pyrrole nitrogens is 1. The van der Waals surface area contributed by atoms with Crippen molar-refractivity contribution in [2.45, 2.75) is 31.0 Å². The van der Waals surface area contributed by atoms with Gasteiger partial charge in [-0.15, -0.1) is 11.3 Å². The molecule has 32 heavy (non-hydrogen) atoms. The molecule has 0 radical (unpaired) electrons. The van der Waals surface area contributed by atoms with Gasteiger partial charge in [0, 0.05) is 17.6 Å². The number of nitrogens with zero attached hydrogens (tertiary/aromatic N) is 1. The number of rotatable bonds is 8. The Morgan fingerprint density at radius 1 is 1.28 bits per heavy atom. The van der Waals surface area contributed by atoms with Crippen molar-refractivity contribution in [3.63, 3.8) is 0 Å². The molecule has 4 rings (SSSR count). The topological polar surface area (TPSA) is 126 Å². The summed E-state index contributed by atoms with van der Waals surface area (Å²) in [5.41, 5.74) is 2.58. The van der Waals surface area contributed by atoms with Crippen LogP contribution in [0.5, 0.6) is 0 Å². The average Bonchev–Trinajstić information content (AvgIpc) is 3.41. The van der Waals surface area contributed by atoms with Crippen molar-refractivity contribution in [1.29, 1.82) is 0 Å². The zero-order valence-electron chi connectivity index (χ0n) is 17.1. The van der Waals surface area contributed by atoms with Crippen molar-refractivity contribution in [3.05, 3.63) is 57.6 Å². The third-order valence-electron chi connectivity index (χ3n) is 5.64. The fraction of sp³-hybridized carbons (Fsp3) is 0.364. The molecule has 8 nitrogen and oxygen atoms in total. The minimum atomic E-state index is -1.59. The summed E-state index contributed by atoms with van der Waals surface area (Å²) in [5.74, 6) is -0.907. The Labute approximate surface area is 193 Å². The van der Waals surface area contributed by atoms with E-state index >= 15 is 0 Å². The highest BCUT2D eigenvalue weighted by Crippen LogP contribution is 2.36. The number of aliphatic hydroxyl groups is 3. The highest BCUT2D eigenvalue weighted by Gasteiger charge is 2.40. The number of nitrogens with one attached hydrogen (secondary N) is 2. The Hall–Kier alpha value is -2.43. The average molecular weight is 478 g/mol. The molecule has 0 bridgehead atoms. The first kappa shape index (κ1) is 22.8. The van der Waals surface area contributed by atoms with Crippen molar-refractivity contribution < 1.29 is 24.9 Å². The number of carbonyl (C=O) groups is 2. The lowest BCUT2D eigenvalue weighted by molar-refractivity contribution is -0.146. The van der Waals surface area contributed by atoms with Crippen LogP contribution in [0.2, 0.25) is 4.34 Å². The summed E-state index contributed by atoms with van der Waals surface area (Å²) < 4.78 is 0.674. The van der Waals surface area contributed by atoms with Crippen LogP contribution in [-0.4, -0.2) is 68.9 Å². The van der Waals surface area contributed by atoms with E-state index in [1.165, 1.54) is 16.2 Å². The minimum Gasteiger partial charge on any atom is -0.395 e. The van der Waals surface area contributed by atoms with Crippen LogP contribution in [0.25, 0.3) is 10.2 Å². The molecule has 0 aliphatic heterocycles.